The highest BCUT2D eigenvalue weighted by Gasteiger charge is 2.22. The summed E-state index contributed by atoms with van der Waals surface area (Å²) in [7, 11) is 0. The molecule has 13 heavy (non-hydrogen) atoms. The molecule has 0 aliphatic carbocycles. The van der Waals surface area contributed by atoms with E-state index in [0.717, 1.165) is 18.4 Å². The summed E-state index contributed by atoms with van der Waals surface area (Å²) in [6.45, 7) is 9.92. The minimum absolute atomic E-state index is 0.178. The lowest BCUT2D eigenvalue weighted by Gasteiger charge is -2.35. The molecule has 0 amide bonds. The van der Waals surface area contributed by atoms with Gasteiger partial charge in [-0.3, -0.25) is 0 Å². The fourth-order valence-electron chi connectivity index (χ4n) is 2.37. The normalized spacial score (nSPS) is 32.5. The van der Waals surface area contributed by atoms with Crippen LogP contribution in [0.25, 0.3) is 0 Å². The van der Waals surface area contributed by atoms with Gasteiger partial charge in [-0.1, -0.05) is 13.8 Å². The van der Waals surface area contributed by atoms with Crippen molar-refractivity contribution >= 4 is 0 Å². The molecular weight excluding hydrogens is 160 g/mol. The summed E-state index contributed by atoms with van der Waals surface area (Å²) in [5, 5.41) is 8.72. The minimum Gasteiger partial charge on any atom is -0.302 e. The molecule has 1 saturated heterocycles. The molecule has 74 valence electrons. The van der Waals surface area contributed by atoms with Crippen LogP contribution in [0.15, 0.2) is 0 Å². The van der Waals surface area contributed by atoms with Crippen molar-refractivity contribution in [2.24, 2.45) is 17.8 Å². The number of hydrogen-bond donors (Lipinski definition) is 0. The van der Waals surface area contributed by atoms with E-state index in [9.17, 15) is 0 Å². The smallest absolute Gasteiger partial charge is 0.0666 e. The standard InChI is InChI=1S/C11H20N2/c1-9-4-10(2)7-13(6-9)8-11(3)5-12/h9-11H,4,6-8H2,1-3H3. The molecule has 0 aromatic heterocycles. The van der Waals surface area contributed by atoms with Gasteiger partial charge in [-0.25, -0.2) is 0 Å². The van der Waals surface area contributed by atoms with Crippen molar-refractivity contribution < 1.29 is 0 Å². The number of hydrogen-bond acceptors (Lipinski definition) is 2. The van der Waals surface area contributed by atoms with E-state index in [1.807, 2.05) is 6.92 Å². The first-order chi connectivity index (χ1) is 6.11. The Morgan fingerprint density at radius 2 is 1.92 bits per heavy atom. The first kappa shape index (κ1) is 10.5. The van der Waals surface area contributed by atoms with Gasteiger partial charge in [-0.15, -0.1) is 0 Å². The Morgan fingerprint density at radius 1 is 1.38 bits per heavy atom. The predicted octanol–water partition coefficient (Wildman–Crippen LogP) is 2.12. The Bertz CT molecular complexity index is 185. The maximum absolute atomic E-state index is 8.72. The number of nitrogens with zero attached hydrogens (tertiary/aromatic N) is 2. The van der Waals surface area contributed by atoms with Gasteiger partial charge in [0.15, 0.2) is 0 Å². The van der Waals surface area contributed by atoms with Crippen LogP contribution in [0.3, 0.4) is 0 Å². The molecule has 3 unspecified atom stereocenters. The number of rotatable bonds is 2. The molecular formula is C11H20N2. The Kier molecular flexibility index (Phi) is 3.74. The van der Waals surface area contributed by atoms with E-state index in [1.165, 1.54) is 19.5 Å². The number of nitriles is 1. The van der Waals surface area contributed by atoms with Crippen LogP contribution in [0, 0.1) is 29.1 Å². The molecule has 0 radical (unpaired) electrons. The van der Waals surface area contributed by atoms with Crippen molar-refractivity contribution in [3.8, 4) is 6.07 Å². The van der Waals surface area contributed by atoms with E-state index in [-0.39, 0.29) is 5.92 Å². The van der Waals surface area contributed by atoms with Gasteiger partial charge in [0.25, 0.3) is 0 Å². The first-order valence-electron chi connectivity index (χ1n) is 5.23. The van der Waals surface area contributed by atoms with E-state index in [0.29, 0.717) is 0 Å². The molecule has 2 heteroatoms. The molecule has 1 heterocycles. The molecule has 0 saturated carbocycles. The van der Waals surface area contributed by atoms with Crippen molar-refractivity contribution in [3.63, 3.8) is 0 Å². The van der Waals surface area contributed by atoms with Crippen LogP contribution in [-0.4, -0.2) is 24.5 Å². The second-order valence-corrected chi connectivity index (χ2v) is 4.69. The molecule has 0 spiro atoms. The zero-order chi connectivity index (χ0) is 9.84. The largest absolute Gasteiger partial charge is 0.302 e. The lowest BCUT2D eigenvalue weighted by molar-refractivity contribution is 0.133. The summed E-state index contributed by atoms with van der Waals surface area (Å²) in [6.07, 6.45) is 1.34. The average Bonchev–Trinajstić information content (AvgIpc) is 2.02. The van der Waals surface area contributed by atoms with E-state index in [2.05, 4.69) is 24.8 Å². The van der Waals surface area contributed by atoms with Gasteiger partial charge in [0.2, 0.25) is 0 Å². The summed E-state index contributed by atoms with van der Waals surface area (Å²) in [5.74, 6) is 1.78. The van der Waals surface area contributed by atoms with Gasteiger partial charge < -0.3 is 4.90 Å². The van der Waals surface area contributed by atoms with E-state index < -0.39 is 0 Å². The molecule has 1 aliphatic heterocycles. The zero-order valence-corrected chi connectivity index (χ0v) is 8.95. The fraction of sp³-hybridized carbons (Fsp3) is 0.909. The Morgan fingerprint density at radius 3 is 2.38 bits per heavy atom. The first-order valence-corrected chi connectivity index (χ1v) is 5.23. The van der Waals surface area contributed by atoms with Gasteiger partial charge in [0.05, 0.1) is 12.0 Å². The van der Waals surface area contributed by atoms with E-state index in [1.54, 1.807) is 0 Å². The van der Waals surface area contributed by atoms with Gasteiger partial charge >= 0.3 is 0 Å². The molecule has 0 aromatic carbocycles. The number of piperidine rings is 1. The lowest BCUT2D eigenvalue weighted by Crippen LogP contribution is -2.40. The lowest BCUT2D eigenvalue weighted by atomic mass is 9.91. The second-order valence-electron chi connectivity index (χ2n) is 4.69. The van der Waals surface area contributed by atoms with Crippen LogP contribution in [0.2, 0.25) is 0 Å². The van der Waals surface area contributed by atoms with Crippen LogP contribution >= 0.6 is 0 Å². The van der Waals surface area contributed by atoms with Gasteiger partial charge in [-0.2, -0.15) is 5.26 Å². The van der Waals surface area contributed by atoms with Crippen molar-refractivity contribution in [3.05, 3.63) is 0 Å². The van der Waals surface area contributed by atoms with Gasteiger partial charge in [0.1, 0.15) is 0 Å². The van der Waals surface area contributed by atoms with Crippen molar-refractivity contribution in [1.29, 1.82) is 5.26 Å². The predicted molar refractivity (Wildman–Crippen MR) is 54.2 cm³/mol. The van der Waals surface area contributed by atoms with Crippen molar-refractivity contribution in [2.45, 2.75) is 27.2 Å². The third-order valence-electron chi connectivity index (χ3n) is 2.70. The topological polar surface area (TPSA) is 27.0 Å². The SMILES string of the molecule is CC(C#N)CN1CC(C)CC(C)C1. The Labute approximate surface area is 81.5 Å². The molecule has 1 aliphatic rings. The molecule has 0 N–H and O–H groups in total. The second kappa shape index (κ2) is 4.62. The molecule has 1 fully saturated rings. The molecule has 0 bridgehead atoms. The Balaban J connectivity index is 2.38. The third kappa shape index (κ3) is 3.36. The monoisotopic (exact) mass is 180 g/mol. The quantitative estimate of drug-likeness (QED) is 0.651. The van der Waals surface area contributed by atoms with E-state index in [4.69, 9.17) is 5.26 Å². The maximum atomic E-state index is 8.72. The summed E-state index contributed by atoms with van der Waals surface area (Å²) < 4.78 is 0. The van der Waals surface area contributed by atoms with Crippen molar-refractivity contribution in [1.82, 2.24) is 4.90 Å². The highest BCUT2D eigenvalue weighted by Crippen LogP contribution is 2.21. The molecule has 0 aromatic rings. The van der Waals surface area contributed by atoms with Crippen LogP contribution in [-0.2, 0) is 0 Å². The fourth-order valence-corrected chi connectivity index (χ4v) is 2.37. The van der Waals surface area contributed by atoms with Crippen LogP contribution < -0.4 is 0 Å². The third-order valence-corrected chi connectivity index (χ3v) is 2.70. The summed E-state index contributed by atoms with van der Waals surface area (Å²) >= 11 is 0. The van der Waals surface area contributed by atoms with Gasteiger partial charge in [-0.05, 0) is 25.2 Å². The van der Waals surface area contributed by atoms with Gasteiger partial charge in [0, 0.05) is 19.6 Å². The van der Waals surface area contributed by atoms with Crippen LogP contribution in [0.4, 0.5) is 0 Å². The molecule has 3 atom stereocenters. The van der Waals surface area contributed by atoms with Crippen LogP contribution in [0.1, 0.15) is 27.2 Å². The van der Waals surface area contributed by atoms with E-state index >= 15 is 0 Å². The Hall–Kier alpha value is -0.550. The maximum Gasteiger partial charge on any atom is 0.0666 e. The zero-order valence-electron chi connectivity index (χ0n) is 8.95. The molecule has 1 rings (SSSR count). The summed E-state index contributed by atoms with van der Waals surface area (Å²) in [4.78, 5) is 2.44. The van der Waals surface area contributed by atoms with Crippen LogP contribution in [0.5, 0.6) is 0 Å². The minimum atomic E-state index is 0.178. The highest BCUT2D eigenvalue weighted by molar-refractivity contribution is 4.84. The summed E-state index contributed by atoms with van der Waals surface area (Å²) in [6, 6.07) is 2.30. The summed E-state index contributed by atoms with van der Waals surface area (Å²) in [5.41, 5.74) is 0. The van der Waals surface area contributed by atoms with Crippen molar-refractivity contribution in [2.75, 3.05) is 19.6 Å². The number of likely N-dealkylation sites (tertiary alicyclic amines) is 1. The average molecular weight is 180 g/mol. The highest BCUT2D eigenvalue weighted by atomic mass is 15.1. The molecule has 2 nitrogen and oxygen atoms in total.